The molecule has 0 aromatic carbocycles. The van der Waals surface area contributed by atoms with Gasteiger partial charge in [-0.2, -0.15) is 0 Å². The van der Waals surface area contributed by atoms with E-state index in [1.807, 2.05) is 12.3 Å². The minimum atomic E-state index is -0.0660. The number of fused-ring (bicyclic) bond motifs is 1. The van der Waals surface area contributed by atoms with Crippen molar-refractivity contribution in [1.82, 2.24) is 19.7 Å². The Morgan fingerprint density at radius 2 is 1.92 bits per heavy atom. The first-order valence-electron chi connectivity index (χ1n) is 9.22. The molecule has 24 heavy (non-hydrogen) atoms. The first-order chi connectivity index (χ1) is 11.6. The fourth-order valence-electron chi connectivity index (χ4n) is 6.07. The molecule has 2 aromatic heterocycles. The molecule has 4 aliphatic rings. The maximum Gasteiger partial charge on any atom is 0.271 e. The molecule has 1 N–H and O–H groups in total. The SMILES string of the molecule is C[C@@H](NC(=O)c1cn2cccnc2n1)C12CC3CC(CC(C3)C1)C2. The average Bonchev–Trinajstić information content (AvgIpc) is 2.97. The van der Waals surface area contributed by atoms with E-state index in [2.05, 4.69) is 22.2 Å². The summed E-state index contributed by atoms with van der Waals surface area (Å²) in [6, 6.07) is 2.06. The van der Waals surface area contributed by atoms with Gasteiger partial charge in [-0.25, -0.2) is 9.97 Å². The molecule has 0 aliphatic heterocycles. The van der Waals surface area contributed by atoms with Crippen LogP contribution in [-0.4, -0.2) is 26.3 Å². The number of carbonyl (C=O) groups is 1. The second-order valence-electron chi connectivity index (χ2n) is 8.43. The highest BCUT2D eigenvalue weighted by Crippen LogP contribution is 2.61. The summed E-state index contributed by atoms with van der Waals surface area (Å²) in [6.07, 6.45) is 13.5. The van der Waals surface area contributed by atoms with Crippen molar-refractivity contribution in [2.75, 3.05) is 0 Å². The Balaban J connectivity index is 1.36. The molecule has 0 unspecified atom stereocenters. The van der Waals surface area contributed by atoms with Gasteiger partial charge in [0.15, 0.2) is 0 Å². The summed E-state index contributed by atoms with van der Waals surface area (Å²) in [4.78, 5) is 21.2. The Hall–Kier alpha value is -1.91. The normalized spacial score (nSPS) is 35.3. The minimum absolute atomic E-state index is 0.0660. The van der Waals surface area contributed by atoms with Gasteiger partial charge in [0.1, 0.15) is 5.69 Å². The van der Waals surface area contributed by atoms with Gasteiger partial charge in [-0.05, 0) is 74.7 Å². The Morgan fingerprint density at radius 1 is 1.25 bits per heavy atom. The molecule has 1 amide bonds. The number of hydrogen-bond acceptors (Lipinski definition) is 3. The standard InChI is InChI=1S/C19H24N4O/c1-12(19-8-13-5-14(9-19)7-15(6-13)10-19)21-17(24)16-11-23-4-2-3-20-18(23)22-16/h2-4,11-15H,5-10H2,1H3,(H,21,24)/t12-,13?,14?,15?,19?/m1/s1. The summed E-state index contributed by atoms with van der Waals surface area (Å²) in [5, 5.41) is 3.27. The van der Waals surface area contributed by atoms with Crippen molar-refractivity contribution in [3.63, 3.8) is 0 Å². The maximum atomic E-state index is 12.7. The van der Waals surface area contributed by atoms with Gasteiger partial charge in [0.25, 0.3) is 5.91 Å². The van der Waals surface area contributed by atoms with Crippen molar-refractivity contribution in [2.24, 2.45) is 23.2 Å². The first-order valence-corrected chi connectivity index (χ1v) is 9.22. The lowest BCUT2D eigenvalue weighted by atomic mass is 9.48. The highest BCUT2D eigenvalue weighted by atomic mass is 16.2. The molecule has 0 saturated heterocycles. The number of imidazole rings is 1. The van der Waals surface area contributed by atoms with E-state index in [4.69, 9.17) is 0 Å². The van der Waals surface area contributed by atoms with E-state index in [0.717, 1.165) is 17.8 Å². The minimum Gasteiger partial charge on any atom is -0.348 e. The lowest BCUT2D eigenvalue weighted by molar-refractivity contribution is -0.0688. The zero-order valence-electron chi connectivity index (χ0n) is 14.1. The zero-order chi connectivity index (χ0) is 16.3. The third-order valence-electron chi connectivity index (χ3n) is 6.82. The van der Waals surface area contributed by atoms with E-state index >= 15 is 0 Å². The molecule has 4 aliphatic carbocycles. The van der Waals surface area contributed by atoms with Crippen LogP contribution in [0.4, 0.5) is 0 Å². The van der Waals surface area contributed by atoms with Crippen LogP contribution in [0.2, 0.25) is 0 Å². The van der Waals surface area contributed by atoms with Crippen LogP contribution in [-0.2, 0) is 0 Å². The predicted molar refractivity (Wildman–Crippen MR) is 90.5 cm³/mol. The zero-order valence-corrected chi connectivity index (χ0v) is 14.1. The second-order valence-corrected chi connectivity index (χ2v) is 8.43. The molecule has 126 valence electrons. The number of nitrogens with one attached hydrogen (secondary N) is 1. The van der Waals surface area contributed by atoms with Crippen LogP contribution in [0.25, 0.3) is 5.78 Å². The number of nitrogens with zero attached hydrogens (tertiary/aromatic N) is 3. The Morgan fingerprint density at radius 3 is 2.54 bits per heavy atom. The van der Waals surface area contributed by atoms with Gasteiger partial charge in [0, 0.05) is 24.6 Å². The van der Waals surface area contributed by atoms with E-state index in [1.165, 1.54) is 38.5 Å². The molecule has 5 nitrogen and oxygen atoms in total. The van der Waals surface area contributed by atoms with Crippen LogP contribution in [0, 0.1) is 23.2 Å². The average molecular weight is 324 g/mol. The van der Waals surface area contributed by atoms with Gasteiger partial charge in [-0.1, -0.05) is 0 Å². The van der Waals surface area contributed by atoms with E-state index in [1.54, 1.807) is 16.8 Å². The lowest BCUT2D eigenvalue weighted by Gasteiger charge is -2.59. The van der Waals surface area contributed by atoms with E-state index < -0.39 is 0 Å². The highest BCUT2D eigenvalue weighted by Gasteiger charge is 2.53. The maximum absolute atomic E-state index is 12.7. The summed E-state index contributed by atoms with van der Waals surface area (Å²) < 4.78 is 1.80. The van der Waals surface area contributed by atoms with Crippen LogP contribution in [0.5, 0.6) is 0 Å². The number of hydrogen-bond donors (Lipinski definition) is 1. The van der Waals surface area contributed by atoms with Crippen LogP contribution in [0.15, 0.2) is 24.7 Å². The third kappa shape index (κ3) is 2.17. The molecule has 2 heterocycles. The van der Waals surface area contributed by atoms with Crippen molar-refractivity contribution in [1.29, 1.82) is 0 Å². The summed E-state index contributed by atoms with van der Waals surface area (Å²) in [7, 11) is 0. The van der Waals surface area contributed by atoms with E-state index in [9.17, 15) is 4.79 Å². The molecule has 4 fully saturated rings. The number of carbonyl (C=O) groups excluding carboxylic acids is 1. The third-order valence-corrected chi connectivity index (χ3v) is 6.82. The second kappa shape index (κ2) is 5.04. The van der Waals surface area contributed by atoms with Crippen LogP contribution >= 0.6 is 0 Å². The van der Waals surface area contributed by atoms with Crippen molar-refractivity contribution in [3.8, 4) is 0 Å². The predicted octanol–water partition coefficient (Wildman–Crippen LogP) is 3.06. The van der Waals surface area contributed by atoms with Gasteiger partial charge in [-0.15, -0.1) is 0 Å². The summed E-state index contributed by atoms with van der Waals surface area (Å²) in [6.45, 7) is 2.21. The summed E-state index contributed by atoms with van der Waals surface area (Å²) in [5.74, 6) is 3.20. The van der Waals surface area contributed by atoms with Crippen molar-refractivity contribution in [2.45, 2.75) is 51.5 Å². The molecular formula is C19H24N4O. The Labute approximate surface area is 141 Å². The molecule has 5 heteroatoms. The van der Waals surface area contributed by atoms with Crippen LogP contribution in [0.3, 0.4) is 0 Å². The number of aromatic nitrogens is 3. The van der Waals surface area contributed by atoms with Crippen LogP contribution in [0.1, 0.15) is 55.9 Å². The Bertz CT molecular complexity index is 727. The van der Waals surface area contributed by atoms with Crippen molar-refractivity contribution in [3.05, 3.63) is 30.4 Å². The number of rotatable bonds is 3. The molecular weight excluding hydrogens is 300 g/mol. The summed E-state index contributed by atoms with van der Waals surface area (Å²) in [5.41, 5.74) is 0.784. The number of amides is 1. The monoisotopic (exact) mass is 324 g/mol. The van der Waals surface area contributed by atoms with Gasteiger partial charge in [0.2, 0.25) is 5.78 Å². The van der Waals surface area contributed by atoms with E-state index in [-0.39, 0.29) is 11.9 Å². The quantitative estimate of drug-likeness (QED) is 0.944. The molecule has 4 saturated carbocycles. The lowest BCUT2D eigenvalue weighted by Crippen LogP contribution is -2.55. The van der Waals surface area contributed by atoms with Gasteiger partial charge >= 0.3 is 0 Å². The van der Waals surface area contributed by atoms with Crippen molar-refractivity contribution < 1.29 is 4.79 Å². The molecule has 6 rings (SSSR count). The molecule has 0 radical (unpaired) electrons. The fourth-order valence-corrected chi connectivity index (χ4v) is 6.07. The molecule has 4 bridgehead atoms. The van der Waals surface area contributed by atoms with Gasteiger partial charge in [0.05, 0.1) is 0 Å². The fraction of sp³-hybridized carbons (Fsp3) is 0.632. The molecule has 0 spiro atoms. The smallest absolute Gasteiger partial charge is 0.271 e. The molecule has 2 aromatic rings. The van der Waals surface area contributed by atoms with Crippen molar-refractivity contribution >= 4 is 11.7 Å². The van der Waals surface area contributed by atoms with Gasteiger partial charge < -0.3 is 5.32 Å². The topological polar surface area (TPSA) is 59.3 Å². The van der Waals surface area contributed by atoms with Gasteiger partial charge in [-0.3, -0.25) is 9.20 Å². The van der Waals surface area contributed by atoms with E-state index in [0.29, 0.717) is 16.9 Å². The molecule has 1 atom stereocenters. The summed E-state index contributed by atoms with van der Waals surface area (Å²) >= 11 is 0. The Kier molecular flexibility index (Phi) is 3.03. The van der Waals surface area contributed by atoms with Crippen LogP contribution < -0.4 is 5.32 Å². The first kappa shape index (κ1) is 14.4. The largest absolute Gasteiger partial charge is 0.348 e. The highest BCUT2D eigenvalue weighted by molar-refractivity contribution is 5.92.